The van der Waals surface area contributed by atoms with E-state index in [9.17, 15) is 0 Å². The van der Waals surface area contributed by atoms with E-state index in [4.69, 9.17) is 23.7 Å². The normalized spacial score (nSPS) is 36.3. The monoisotopic (exact) mass is 791 g/mol. The van der Waals surface area contributed by atoms with Crippen molar-refractivity contribution in [3.05, 3.63) is 108 Å². The summed E-state index contributed by atoms with van der Waals surface area (Å²) in [6, 6.07) is 31.2. The SMILES string of the molecule is CC(C)CCC[C@@H](C)[C@H]1CC[C@H]2[C@@H]3CC[C@H]4C[C@@H](O[C@@H]5O[C@H](COCc6ccccc6)[C@@H](OCc6ccccc6)[C@@H]5OCc5ccccc5)CC[C@]4(C)[C@H]3CC[C@]12C. The highest BCUT2D eigenvalue weighted by Gasteiger charge is 2.61. The molecule has 0 N–H and O–H groups in total. The molecule has 5 aliphatic rings. The van der Waals surface area contributed by atoms with E-state index in [1.165, 1.54) is 64.2 Å². The van der Waals surface area contributed by atoms with Gasteiger partial charge in [0.05, 0.1) is 32.5 Å². The molecule has 5 nitrogen and oxygen atoms in total. The third kappa shape index (κ3) is 9.35. The Morgan fingerprint density at radius 3 is 1.90 bits per heavy atom. The minimum atomic E-state index is -0.520. The molecule has 316 valence electrons. The van der Waals surface area contributed by atoms with Crippen LogP contribution in [0.3, 0.4) is 0 Å². The second-order valence-corrected chi connectivity index (χ2v) is 20.3. The van der Waals surface area contributed by atoms with Gasteiger partial charge in [0.25, 0.3) is 0 Å². The minimum Gasteiger partial charge on any atom is -0.374 e. The van der Waals surface area contributed by atoms with Crippen molar-refractivity contribution >= 4 is 0 Å². The molecular weight excluding hydrogens is 717 g/mol. The van der Waals surface area contributed by atoms with Crippen LogP contribution in [0.1, 0.15) is 128 Å². The van der Waals surface area contributed by atoms with Gasteiger partial charge in [0.15, 0.2) is 6.29 Å². The molecule has 4 aliphatic carbocycles. The molecule has 3 aromatic carbocycles. The molecule has 5 heteroatoms. The number of hydrogen-bond acceptors (Lipinski definition) is 5. The van der Waals surface area contributed by atoms with E-state index in [0.29, 0.717) is 43.2 Å². The second kappa shape index (κ2) is 19.0. The molecule has 0 amide bonds. The summed E-state index contributed by atoms with van der Waals surface area (Å²) in [5, 5.41) is 0. The maximum atomic E-state index is 7.15. The second-order valence-electron chi connectivity index (χ2n) is 20.3. The van der Waals surface area contributed by atoms with Crippen LogP contribution in [-0.4, -0.2) is 37.3 Å². The van der Waals surface area contributed by atoms with Crippen LogP contribution < -0.4 is 0 Å². The van der Waals surface area contributed by atoms with Crippen molar-refractivity contribution in [3.8, 4) is 0 Å². The third-order valence-corrected chi connectivity index (χ3v) is 16.4. The van der Waals surface area contributed by atoms with Gasteiger partial charge < -0.3 is 23.7 Å². The zero-order chi connectivity index (χ0) is 40.1. The highest BCUT2D eigenvalue weighted by atomic mass is 16.7. The molecule has 8 rings (SSSR count). The summed E-state index contributed by atoms with van der Waals surface area (Å²) in [6.45, 7) is 14.7. The summed E-state index contributed by atoms with van der Waals surface area (Å²) >= 11 is 0. The van der Waals surface area contributed by atoms with Gasteiger partial charge >= 0.3 is 0 Å². The van der Waals surface area contributed by atoms with Gasteiger partial charge in [0.2, 0.25) is 0 Å². The molecule has 1 saturated heterocycles. The number of hydrogen-bond donors (Lipinski definition) is 0. The van der Waals surface area contributed by atoms with Gasteiger partial charge in [-0.3, -0.25) is 0 Å². The largest absolute Gasteiger partial charge is 0.374 e. The van der Waals surface area contributed by atoms with E-state index < -0.39 is 6.29 Å². The molecule has 1 heterocycles. The fourth-order valence-electron chi connectivity index (χ4n) is 13.3. The van der Waals surface area contributed by atoms with Crippen LogP contribution in [0.15, 0.2) is 91.0 Å². The first-order chi connectivity index (χ1) is 28.2. The lowest BCUT2D eigenvalue weighted by molar-refractivity contribution is -0.225. The quantitative estimate of drug-likeness (QED) is 0.136. The lowest BCUT2D eigenvalue weighted by Gasteiger charge is -2.61. The molecule has 0 bridgehead atoms. The van der Waals surface area contributed by atoms with Crippen molar-refractivity contribution in [3.63, 3.8) is 0 Å². The van der Waals surface area contributed by atoms with Crippen LogP contribution in [0.5, 0.6) is 0 Å². The van der Waals surface area contributed by atoms with E-state index in [1.807, 2.05) is 12.1 Å². The van der Waals surface area contributed by atoms with Crippen LogP contribution in [0.25, 0.3) is 0 Å². The van der Waals surface area contributed by atoms with E-state index >= 15 is 0 Å². The van der Waals surface area contributed by atoms with Gasteiger partial charge in [0, 0.05) is 0 Å². The molecule has 0 unspecified atom stereocenters. The molecule has 3 aromatic rings. The Morgan fingerprint density at radius 1 is 0.638 bits per heavy atom. The Morgan fingerprint density at radius 2 is 1.24 bits per heavy atom. The molecule has 5 fully saturated rings. The first kappa shape index (κ1) is 42.2. The fourth-order valence-corrected chi connectivity index (χ4v) is 13.3. The zero-order valence-electron chi connectivity index (χ0n) is 36.4. The van der Waals surface area contributed by atoms with Gasteiger partial charge in [0.1, 0.15) is 18.3 Å². The van der Waals surface area contributed by atoms with Gasteiger partial charge in [-0.25, -0.2) is 0 Å². The van der Waals surface area contributed by atoms with Crippen LogP contribution in [-0.2, 0) is 43.5 Å². The van der Waals surface area contributed by atoms with Gasteiger partial charge in [-0.2, -0.15) is 0 Å². The van der Waals surface area contributed by atoms with E-state index in [0.717, 1.165) is 65.0 Å². The minimum absolute atomic E-state index is 0.151. The van der Waals surface area contributed by atoms with Crippen LogP contribution in [0.2, 0.25) is 0 Å². The molecule has 58 heavy (non-hydrogen) atoms. The van der Waals surface area contributed by atoms with Gasteiger partial charge in [-0.05, 0) is 127 Å². The molecule has 13 atom stereocenters. The third-order valence-electron chi connectivity index (χ3n) is 16.4. The Kier molecular flexibility index (Phi) is 13.8. The Bertz CT molecular complexity index is 1680. The number of ether oxygens (including phenoxy) is 5. The van der Waals surface area contributed by atoms with Crippen molar-refractivity contribution in [1.29, 1.82) is 0 Å². The summed E-state index contributed by atoms with van der Waals surface area (Å²) in [6.07, 6.45) is 14.8. The topological polar surface area (TPSA) is 46.2 Å². The van der Waals surface area contributed by atoms with Crippen LogP contribution in [0, 0.1) is 52.3 Å². The molecule has 0 aromatic heterocycles. The molecule has 4 saturated carbocycles. The molecule has 0 spiro atoms. The first-order valence-corrected chi connectivity index (χ1v) is 23.4. The predicted octanol–water partition coefficient (Wildman–Crippen LogP) is 12.6. The Balaban J connectivity index is 0.945. The van der Waals surface area contributed by atoms with E-state index in [-0.39, 0.29) is 24.4 Å². The number of benzene rings is 3. The van der Waals surface area contributed by atoms with Crippen molar-refractivity contribution < 1.29 is 23.7 Å². The average molecular weight is 791 g/mol. The average Bonchev–Trinajstić information content (AvgIpc) is 3.76. The Hall–Kier alpha value is -2.54. The van der Waals surface area contributed by atoms with E-state index in [2.05, 4.69) is 113 Å². The summed E-state index contributed by atoms with van der Waals surface area (Å²) in [7, 11) is 0. The first-order valence-electron chi connectivity index (χ1n) is 23.4. The zero-order valence-corrected chi connectivity index (χ0v) is 36.4. The summed E-state index contributed by atoms with van der Waals surface area (Å²) in [5.41, 5.74) is 4.35. The summed E-state index contributed by atoms with van der Waals surface area (Å²) < 4.78 is 33.9. The fraction of sp³-hybridized carbons (Fsp3) is 0.660. The standard InChI is InChI=1S/C53H74O5/c1-37(2)16-15-17-38(3)45-26-27-46-44-25-24-42-32-43(28-30-52(42,4)47(44)29-31-53(45,46)5)57-51-50(56-35-41-22-13-8-14-23-41)49(55-34-40-20-11-7-12-21-40)48(58-51)36-54-33-39-18-9-6-10-19-39/h6-14,18-23,37-38,42-51H,15-17,24-36H2,1-5H3/t38-,42+,43+,44+,45-,46+,47+,48-,49-,50+,51-,52+,53-/m1/s1. The number of rotatable bonds is 17. The maximum absolute atomic E-state index is 7.15. The highest BCUT2D eigenvalue weighted by Crippen LogP contribution is 2.68. The number of fused-ring (bicyclic) bond motifs is 5. The molecule has 0 radical (unpaired) electrons. The lowest BCUT2D eigenvalue weighted by atomic mass is 9.44. The van der Waals surface area contributed by atoms with Crippen molar-refractivity contribution in [2.75, 3.05) is 6.61 Å². The Labute approximate surface area is 351 Å². The summed E-state index contributed by atoms with van der Waals surface area (Å²) in [4.78, 5) is 0. The van der Waals surface area contributed by atoms with Crippen molar-refractivity contribution in [2.45, 2.75) is 162 Å². The molecule has 1 aliphatic heterocycles. The van der Waals surface area contributed by atoms with Crippen molar-refractivity contribution in [1.82, 2.24) is 0 Å². The van der Waals surface area contributed by atoms with E-state index in [1.54, 1.807) is 0 Å². The maximum Gasteiger partial charge on any atom is 0.187 e. The van der Waals surface area contributed by atoms with Gasteiger partial charge in [-0.1, -0.05) is 145 Å². The van der Waals surface area contributed by atoms with Crippen LogP contribution >= 0.6 is 0 Å². The van der Waals surface area contributed by atoms with Crippen molar-refractivity contribution in [2.24, 2.45) is 52.3 Å². The predicted molar refractivity (Wildman–Crippen MR) is 233 cm³/mol. The van der Waals surface area contributed by atoms with Crippen LogP contribution in [0.4, 0.5) is 0 Å². The smallest absolute Gasteiger partial charge is 0.187 e. The highest BCUT2D eigenvalue weighted by molar-refractivity contribution is 5.16. The summed E-state index contributed by atoms with van der Waals surface area (Å²) in [5.74, 6) is 5.97. The lowest BCUT2D eigenvalue weighted by Crippen LogP contribution is -2.54. The van der Waals surface area contributed by atoms with Gasteiger partial charge in [-0.15, -0.1) is 0 Å². The molecular formula is C53H74O5.